The molecule has 0 fully saturated rings. The van der Waals surface area contributed by atoms with E-state index in [1.807, 2.05) is 69.3 Å². The molecule has 2 unspecified atom stereocenters. The van der Waals surface area contributed by atoms with Gasteiger partial charge >= 0.3 is 5.97 Å². The Hall–Kier alpha value is -2.86. The Labute approximate surface area is 222 Å². The predicted molar refractivity (Wildman–Crippen MR) is 148 cm³/mol. The molecule has 3 rings (SSSR count). The maximum atomic E-state index is 13.6. The number of nitrogens with zero attached hydrogens (tertiary/aromatic N) is 1. The molecule has 0 radical (unpaired) electrons. The van der Waals surface area contributed by atoms with Gasteiger partial charge in [-0.25, -0.2) is 0 Å². The summed E-state index contributed by atoms with van der Waals surface area (Å²) in [5.41, 5.74) is 2.43. The van der Waals surface area contributed by atoms with Gasteiger partial charge < -0.3 is 14.8 Å². The number of esters is 1. The minimum absolute atomic E-state index is 0.123. The van der Waals surface area contributed by atoms with Gasteiger partial charge in [-0.1, -0.05) is 36.4 Å². The first-order chi connectivity index (χ1) is 17.5. The lowest BCUT2D eigenvalue weighted by atomic mass is 9.74. The Balaban J connectivity index is 1.79. The molecule has 1 aliphatic rings. The van der Waals surface area contributed by atoms with Gasteiger partial charge in [0.2, 0.25) is 5.91 Å². The van der Waals surface area contributed by atoms with E-state index in [1.54, 1.807) is 0 Å². The average molecular weight is 509 g/mol. The monoisotopic (exact) mass is 508 g/mol. The molecule has 1 amide bonds. The number of amides is 1. The number of hydrogen-bond donors (Lipinski definition) is 1. The number of aryl methyl sites for hydroxylation is 1. The average Bonchev–Trinajstić information content (AvgIpc) is 2.83. The molecule has 6 heteroatoms. The van der Waals surface area contributed by atoms with Crippen LogP contribution in [0, 0.1) is 5.92 Å². The van der Waals surface area contributed by atoms with Crippen LogP contribution in [0.2, 0.25) is 0 Å². The van der Waals surface area contributed by atoms with E-state index in [1.165, 1.54) is 0 Å². The van der Waals surface area contributed by atoms with Crippen LogP contribution in [0.3, 0.4) is 0 Å². The van der Waals surface area contributed by atoms with Gasteiger partial charge in [-0.2, -0.15) is 0 Å². The van der Waals surface area contributed by atoms with Gasteiger partial charge in [0.15, 0.2) is 0 Å². The van der Waals surface area contributed by atoms with E-state index in [2.05, 4.69) is 37.9 Å². The number of nitrogens with one attached hydrogen (secondary N) is 1. The molecular formula is C31H44N2O4. The SMILES string of the molecule is CC(C)N(CCNC(=O)C1c2ccc(OCc3ccccc3)cc2CCC1C(=O)OC(C)(C)C)C(C)C. The molecule has 2 atom stereocenters. The molecule has 0 saturated carbocycles. The van der Waals surface area contributed by atoms with E-state index in [0.717, 1.165) is 29.0 Å². The molecule has 6 nitrogen and oxygen atoms in total. The minimum atomic E-state index is -0.609. The number of fused-ring (bicyclic) bond motifs is 1. The fraction of sp³-hybridized carbons (Fsp3) is 0.548. The quantitative estimate of drug-likeness (QED) is 0.430. The molecule has 0 aromatic heterocycles. The molecule has 2 aromatic carbocycles. The fourth-order valence-electron chi connectivity index (χ4n) is 5.11. The highest BCUT2D eigenvalue weighted by Gasteiger charge is 2.41. The molecule has 0 spiro atoms. The largest absolute Gasteiger partial charge is 0.489 e. The zero-order chi connectivity index (χ0) is 27.2. The Morgan fingerprint density at radius 1 is 1.03 bits per heavy atom. The maximum absolute atomic E-state index is 13.6. The molecule has 37 heavy (non-hydrogen) atoms. The Kier molecular flexibility index (Phi) is 9.77. The van der Waals surface area contributed by atoms with Crippen LogP contribution in [0.1, 0.15) is 77.5 Å². The third kappa shape index (κ3) is 8.06. The summed E-state index contributed by atoms with van der Waals surface area (Å²) in [4.78, 5) is 29.1. The minimum Gasteiger partial charge on any atom is -0.489 e. The third-order valence-electron chi connectivity index (χ3n) is 6.81. The molecule has 202 valence electrons. The van der Waals surface area contributed by atoms with E-state index in [4.69, 9.17) is 9.47 Å². The summed E-state index contributed by atoms with van der Waals surface area (Å²) in [7, 11) is 0. The molecule has 1 aliphatic carbocycles. The first-order valence-corrected chi connectivity index (χ1v) is 13.5. The summed E-state index contributed by atoms with van der Waals surface area (Å²) in [5, 5.41) is 3.12. The van der Waals surface area contributed by atoms with Crippen molar-refractivity contribution in [1.82, 2.24) is 10.2 Å². The number of hydrogen-bond acceptors (Lipinski definition) is 5. The smallest absolute Gasteiger partial charge is 0.310 e. The number of rotatable bonds is 10. The Morgan fingerprint density at radius 3 is 2.32 bits per heavy atom. The van der Waals surface area contributed by atoms with Crippen molar-refractivity contribution in [3.8, 4) is 5.75 Å². The van der Waals surface area contributed by atoms with Crippen LogP contribution in [-0.2, 0) is 27.4 Å². The van der Waals surface area contributed by atoms with Crippen molar-refractivity contribution in [2.24, 2.45) is 5.92 Å². The topological polar surface area (TPSA) is 67.9 Å². The van der Waals surface area contributed by atoms with Crippen molar-refractivity contribution in [3.05, 3.63) is 65.2 Å². The van der Waals surface area contributed by atoms with Crippen molar-refractivity contribution >= 4 is 11.9 Å². The van der Waals surface area contributed by atoms with Crippen molar-refractivity contribution in [1.29, 1.82) is 0 Å². The van der Waals surface area contributed by atoms with E-state index in [-0.39, 0.29) is 11.9 Å². The van der Waals surface area contributed by atoms with Gasteiger partial charge in [-0.3, -0.25) is 14.5 Å². The van der Waals surface area contributed by atoms with Crippen molar-refractivity contribution in [2.75, 3.05) is 13.1 Å². The highest BCUT2D eigenvalue weighted by Crippen LogP contribution is 2.39. The third-order valence-corrected chi connectivity index (χ3v) is 6.81. The van der Waals surface area contributed by atoms with E-state index in [0.29, 0.717) is 38.1 Å². The van der Waals surface area contributed by atoms with Gasteiger partial charge in [0, 0.05) is 25.2 Å². The molecule has 0 heterocycles. The second-order valence-corrected chi connectivity index (χ2v) is 11.5. The number of benzene rings is 2. The van der Waals surface area contributed by atoms with Crippen molar-refractivity contribution in [2.45, 2.75) is 91.5 Å². The summed E-state index contributed by atoms with van der Waals surface area (Å²) in [6.07, 6.45) is 1.26. The standard InChI is InChI=1S/C31H44N2O4/c1-21(2)33(22(3)4)18-17-32-29(34)28-26-16-14-25(36-20-23-11-9-8-10-12-23)19-24(26)13-15-27(28)30(35)37-31(5,6)7/h8-12,14,16,19,21-22,27-28H,13,15,17-18,20H2,1-7H3,(H,32,34). The number of carbonyl (C=O) groups is 2. The molecule has 0 aliphatic heterocycles. The van der Waals surface area contributed by atoms with Gasteiger partial charge in [0.05, 0.1) is 11.8 Å². The number of ether oxygens (including phenoxy) is 2. The number of carbonyl (C=O) groups excluding carboxylic acids is 2. The highest BCUT2D eigenvalue weighted by molar-refractivity contribution is 5.90. The maximum Gasteiger partial charge on any atom is 0.310 e. The van der Waals surface area contributed by atoms with Crippen LogP contribution in [0.4, 0.5) is 0 Å². The first-order valence-electron chi connectivity index (χ1n) is 13.5. The summed E-state index contributed by atoms with van der Waals surface area (Å²) < 4.78 is 11.8. The van der Waals surface area contributed by atoms with E-state index < -0.39 is 17.4 Å². The second-order valence-electron chi connectivity index (χ2n) is 11.5. The van der Waals surface area contributed by atoms with Crippen LogP contribution in [0.25, 0.3) is 0 Å². The van der Waals surface area contributed by atoms with Crippen molar-refractivity contribution < 1.29 is 19.1 Å². The molecule has 0 bridgehead atoms. The molecular weight excluding hydrogens is 464 g/mol. The lowest BCUT2D eigenvalue weighted by Crippen LogP contribution is -2.45. The van der Waals surface area contributed by atoms with Crippen LogP contribution in [0.15, 0.2) is 48.5 Å². The first kappa shape index (κ1) is 28.7. The van der Waals surface area contributed by atoms with Crippen molar-refractivity contribution in [3.63, 3.8) is 0 Å². The van der Waals surface area contributed by atoms with Crippen LogP contribution < -0.4 is 10.1 Å². The van der Waals surface area contributed by atoms with Crippen LogP contribution in [-0.4, -0.2) is 47.6 Å². The molecule has 2 aromatic rings. The molecule has 0 saturated heterocycles. The van der Waals surface area contributed by atoms with Crippen LogP contribution >= 0.6 is 0 Å². The summed E-state index contributed by atoms with van der Waals surface area (Å²) >= 11 is 0. The van der Waals surface area contributed by atoms with Gasteiger partial charge in [0.25, 0.3) is 0 Å². The van der Waals surface area contributed by atoms with E-state index >= 15 is 0 Å². The Morgan fingerprint density at radius 2 is 1.70 bits per heavy atom. The van der Waals surface area contributed by atoms with Gasteiger partial charge in [-0.15, -0.1) is 0 Å². The van der Waals surface area contributed by atoms with Crippen LogP contribution in [0.5, 0.6) is 5.75 Å². The summed E-state index contributed by atoms with van der Waals surface area (Å²) in [6, 6.07) is 16.7. The normalized spacial score (nSPS) is 17.6. The lowest BCUT2D eigenvalue weighted by Gasteiger charge is -2.34. The molecule has 1 N–H and O–H groups in total. The summed E-state index contributed by atoms with van der Waals surface area (Å²) in [6.45, 7) is 16.0. The fourth-order valence-corrected chi connectivity index (χ4v) is 5.11. The second kappa shape index (κ2) is 12.6. The zero-order valence-corrected chi connectivity index (χ0v) is 23.5. The predicted octanol–water partition coefficient (Wildman–Crippen LogP) is 5.49. The Bertz CT molecular complexity index is 1030. The lowest BCUT2D eigenvalue weighted by molar-refractivity contribution is -0.162. The zero-order valence-electron chi connectivity index (χ0n) is 23.5. The summed E-state index contributed by atoms with van der Waals surface area (Å²) in [5.74, 6) is -0.777. The van der Waals surface area contributed by atoms with Gasteiger partial charge in [0.1, 0.15) is 18.0 Å². The van der Waals surface area contributed by atoms with Gasteiger partial charge in [-0.05, 0) is 90.1 Å². The van der Waals surface area contributed by atoms with E-state index in [9.17, 15) is 9.59 Å². The highest BCUT2D eigenvalue weighted by atomic mass is 16.6.